The molecule has 1 aromatic carbocycles. The summed E-state index contributed by atoms with van der Waals surface area (Å²) in [6.45, 7) is 0. The van der Waals surface area contributed by atoms with Crippen LogP contribution in [0.1, 0.15) is 15.9 Å². The van der Waals surface area contributed by atoms with E-state index < -0.39 is 17.5 Å². The monoisotopic (exact) mass is 275 g/mol. The minimum absolute atomic E-state index is 0.187. The fraction of sp³-hybridized carbons (Fsp3) is 0.231. The van der Waals surface area contributed by atoms with Crippen LogP contribution in [0.4, 0.5) is 0 Å². The third kappa shape index (κ3) is 1.62. The third-order valence-electron chi connectivity index (χ3n) is 3.54. The molecule has 3 rings (SSSR count). The topological polar surface area (TPSA) is 84.9 Å². The van der Waals surface area contributed by atoms with Crippen LogP contribution < -0.4 is 5.73 Å². The number of benzene rings is 1. The van der Waals surface area contributed by atoms with Gasteiger partial charge in [0.15, 0.2) is 5.78 Å². The number of ketones is 1. The highest BCUT2D eigenvalue weighted by atomic mass is 35.5. The van der Waals surface area contributed by atoms with Crippen LogP contribution in [-0.2, 0) is 11.2 Å². The Morgan fingerprint density at radius 2 is 2.05 bits per heavy atom. The van der Waals surface area contributed by atoms with Crippen LogP contribution in [0, 0.1) is 5.92 Å². The number of nitrogens with zero attached hydrogens (tertiary/aromatic N) is 2. The van der Waals surface area contributed by atoms with Crippen molar-refractivity contribution in [3.05, 3.63) is 34.3 Å². The quantitative estimate of drug-likeness (QED) is 0.874. The van der Waals surface area contributed by atoms with Crippen molar-refractivity contribution in [2.24, 2.45) is 21.6 Å². The molecule has 1 unspecified atom stereocenters. The number of Topliss-reactive ketones (excluding diaryl/α,β-unsaturated/α-hetero) is 1. The van der Waals surface area contributed by atoms with Crippen molar-refractivity contribution in [1.82, 2.24) is 0 Å². The van der Waals surface area contributed by atoms with E-state index in [1.54, 1.807) is 18.2 Å². The van der Waals surface area contributed by atoms with Crippen molar-refractivity contribution in [3.63, 3.8) is 0 Å². The number of hydrogen-bond donors (Lipinski definition) is 1. The van der Waals surface area contributed by atoms with Crippen molar-refractivity contribution in [3.8, 4) is 0 Å². The van der Waals surface area contributed by atoms with E-state index >= 15 is 0 Å². The second-order valence-corrected chi connectivity index (χ2v) is 5.01. The van der Waals surface area contributed by atoms with Crippen molar-refractivity contribution in [1.29, 1.82) is 0 Å². The molecule has 6 heteroatoms. The molecule has 0 radical (unpaired) electrons. The molecule has 0 bridgehead atoms. The molecule has 0 saturated heterocycles. The molecule has 2 aliphatic rings. The summed E-state index contributed by atoms with van der Waals surface area (Å²) < 4.78 is 0. The van der Waals surface area contributed by atoms with Gasteiger partial charge in [-0.25, -0.2) is 0 Å². The van der Waals surface area contributed by atoms with E-state index in [4.69, 9.17) is 17.3 Å². The Labute approximate surface area is 114 Å². The summed E-state index contributed by atoms with van der Waals surface area (Å²) in [4.78, 5) is 32.2. The van der Waals surface area contributed by atoms with Crippen LogP contribution in [-0.4, -0.2) is 29.8 Å². The molecular formula is C13H10ClN3O2. The first-order valence-corrected chi connectivity index (χ1v) is 6.14. The van der Waals surface area contributed by atoms with Gasteiger partial charge in [0.2, 0.25) is 5.66 Å². The van der Waals surface area contributed by atoms with Gasteiger partial charge >= 0.3 is 0 Å². The maximum Gasteiger partial charge on any atom is 0.268 e. The molecule has 0 aromatic heterocycles. The van der Waals surface area contributed by atoms with Gasteiger partial charge in [-0.15, -0.1) is 0 Å². The number of carbonyl (C=O) groups excluding carboxylic acids is 2. The van der Waals surface area contributed by atoms with Gasteiger partial charge < -0.3 is 5.73 Å². The molecule has 2 N–H and O–H groups in total. The van der Waals surface area contributed by atoms with E-state index in [1.807, 2.05) is 0 Å². The molecule has 19 heavy (non-hydrogen) atoms. The van der Waals surface area contributed by atoms with Crippen molar-refractivity contribution >= 4 is 35.7 Å². The average molecular weight is 276 g/mol. The van der Waals surface area contributed by atoms with Crippen LogP contribution in [0.15, 0.2) is 28.2 Å². The summed E-state index contributed by atoms with van der Waals surface area (Å²) in [6, 6.07) is 5.11. The van der Waals surface area contributed by atoms with Crippen molar-refractivity contribution in [2.75, 3.05) is 0 Å². The highest BCUT2D eigenvalue weighted by Gasteiger charge is 2.51. The van der Waals surface area contributed by atoms with E-state index in [-0.39, 0.29) is 5.78 Å². The van der Waals surface area contributed by atoms with Gasteiger partial charge in [-0.05, 0) is 24.1 Å². The van der Waals surface area contributed by atoms with E-state index in [0.29, 0.717) is 17.0 Å². The second kappa shape index (κ2) is 3.99. The highest BCUT2D eigenvalue weighted by molar-refractivity contribution is 6.31. The number of halogens is 1. The average Bonchev–Trinajstić information content (AvgIpc) is 2.96. The molecular weight excluding hydrogens is 266 g/mol. The molecule has 1 heterocycles. The molecule has 0 fully saturated rings. The minimum atomic E-state index is -1.50. The normalized spacial score (nSPS) is 22.8. The number of carbonyl (C=O) groups is 2. The number of aliphatic imine (C=N–C) groups is 2. The van der Waals surface area contributed by atoms with Gasteiger partial charge in [0.05, 0.1) is 5.92 Å². The SMILES string of the molecule is NC(=O)C1(C2Cc3ccc(Cl)cc3C2=O)N=CC=N1. The van der Waals surface area contributed by atoms with E-state index in [1.165, 1.54) is 12.4 Å². The summed E-state index contributed by atoms with van der Waals surface area (Å²) in [7, 11) is 0. The fourth-order valence-electron chi connectivity index (χ4n) is 2.59. The fourth-order valence-corrected chi connectivity index (χ4v) is 2.76. The number of hydrogen-bond acceptors (Lipinski definition) is 4. The van der Waals surface area contributed by atoms with E-state index in [9.17, 15) is 9.59 Å². The molecule has 1 amide bonds. The van der Waals surface area contributed by atoms with Crippen molar-refractivity contribution in [2.45, 2.75) is 12.1 Å². The standard InChI is InChI=1S/C13H10ClN3O2/c14-8-2-1-7-5-10(11(18)9(7)6-8)13(12(15)19)16-3-4-17-13/h1-4,6,10H,5H2,(H2,15,19). The molecule has 1 atom stereocenters. The third-order valence-corrected chi connectivity index (χ3v) is 3.77. The Morgan fingerprint density at radius 3 is 2.68 bits per heavy atom. The van der Waals surface area contributed by atoms with Crippen molar-refractivity contribution < 1.29 is 9.59 Å². The number of fused-ring (bicyclic) bond motifs is 1. The Hall–Kier alpha value is -2.01. The predicted octanol–water partition coefficient (Wildman–Crippen LogP) is 1.03. The minimum Gasteiger partial charge on any atom is -0.366 e. The summed E-state index contributed by atoms with van der Waals surface area (Å²) in [5, 5.41) is 0.485. The van der Waals surface area contributed by atoms with Gasteiger partial charge in [0.25, 0.3) is 5.91 Å². The lowest BCUT2D eigenvalue weighted by molar-refractivity contribution is -0.123. The first-order chi connectivity index (χ1) is 9.04. The smallest absolute Gasteiger partial charge is 0.268 e. The number of nitrogens with two attached hydrogens (primary N) is 1. The van der Waals surface area contributed by atoms with Gasteiger partial charge in [-0.3, -0.25) is 19.6 Å². The zero-order chi connectivity index (χ0) is 13.6. The number of amides is 1. The molecule has 96 valence electrons. The lowest BCUT2D eigenvalue weighted by atomic mass is 9.89. The molecule has 1 aromatic rings. The lowest BCUT2D eigenvalue weighted by Crippen LogP contribution is -2.48. The molecule has 1 aliphatic heterocycles. The molecule has 0 saturated carbocycles. The van der Waals surface area contributed by atoms with Gasteiger partial charge in [-0.2, -0.15) is 0 Å². The lowest BCUT2D eigenvalue weighted by Gasteiger charge is -2.24. The van der Waals surface area contributed by atoms with Gasteiger partial charge in [-0.1, -0.05) is 17.7 Å². The zero-order valence-electron chi connectivity index (χ0n) is 9.84. The van der Waals surface area contributed by atoms with Crippen LogP contribution >= 0.6 is 11.6 Å². The Bertz CT molecular complexity index is 639. The highest BCUT2D eigenvalue weighted by Crippen LogP contribution is 2.38. The largest absolute Gasteiger partial charge is 0.366 e. The van der Waals surface area contributed by atoms with Crippen LogP contribution in [0.25, 0.3) is 0 Å². The first kappa shape index (κ1) is 12.0. The van der Waals surface area contributed by atoms with Crippen LogP contribution in [0.3, 0.4) is 0 Å². The zero-order valence-corrected chi connectivity index (χ0v) is 10.6. The van der Waals surface area contributed by atoms with E-state index in [2.05, 4.69) is 9.98 Å². The Kier molecular flexibility index (Phi) is 2.53. The summed E-state index contributed by atoms with van der Waals surface area (Å²) in [6.07, 6.45) is 3.19. The molecule has 0 spiro atoms. The second-order valence-electron chi connectivity index (χ2n) is 4.57. The summed E-state index contributed by atoms with van der Waals surface area (Å²) in [5.41, 5.74) is 5.27. The predicted molar refractivity (Wildman–Crippen MR) is 71.9 cm³/mol. The first-order valence-electron chi connectivity index (χ1n) is 5.76. The summed E-state index contributed by atoms with van der Waals surface area (Å²) >= 11 is 5.89. The molecule has 1 aliphatic carbocycles. The number of primary amides is 1. The van der Waals surface area contributed by atoms with Crippen LogP contribution in [0.2, 0.25) is 5.02 Å². The number of rotatable bonds is 2. The van der Waals surface area contributed by atoms with Gasteiger partial charge in [0.1, 0.15) is 0 Å². The van der Waals surface area contributed by atoms with E-state index in [0.717, 1.165) is 5.56 Å². The van der Waals surface area contributed by atoms with Crippen LogP contribution in [0.5, 0.6) is 0 Å². The molecule has 5 nitrogen and oxygen atoms in total. The maximum atomic E-state index is 12.4. The Morgan fingerprint density at radius 1 is 1.37 bits per heavy atom. The van der Waals surface area contributed by atoms with Gasteiger partial charge in [0, 0.05) is 23.0 Å². The maximum absolute atomic E-state index is 12.4. The Balaban J connectivity index is 2.07. The summed E-state index contributed by atoms with van der Waals surface area (Å²) in [5.74, 6) is -1.59.